The van der Waals surface area contributed by atoms with Gasteiger partial charge in [0.05, 0.1) is 27.3 Å². The minimum absolute atomic E-state index is 0.197. The van der Waals surface area contributed by atoms with Gasteiger partial charge in [0, 0.05) is 22.8 Å². The number of aromatic nitrogens is 2. The molecule has 0 bridgehead atoms. The molecule has 1 aromatic heterocycles. The van der Waals surface area contributed by atoms with E-state index in [0.717, 1.165) is 39.0 Å². The molecule has 0 aliphatic carbocycles. The van der Waals surface area contributed by atoms with E-state index in [1.807, 2.05) is 4.98 Å². The Bertz CT molecular complexity index is 1340. The van der Waals surface area contributed by atoms with Gasteiger partial charge in [0.2, 0.25) is 5.88 Å². The van der Waals surface area contributed by atoms with Gasteiger partial charge in [-0.25, -0.2) is 9.36 Å². The van der Waals surface area contributed by atoms with Crippen LogP contribution >= 0.6 is 15.9 Å². The summed E-state index contributed by atoms with van der Waals surface area (Å²) in [5, 5.41) is 32.5. The second kappa shape index (κ2) is 8.31. The second-order valence-corrected chi connectivity index (χ2v) is 7.10. The molecule has 12 nitrogen and oxygen atoms in total. The molecular formula is C18H12BrN5O7. The fraction of sp³-hybridized carbons (Fsp3) is 0.0556. The molecule has 0 amide bonds. The third-order valence-corrected chi connectivity index (χ3v) is 5.06. The molecule has 1 heterocycles. The highest BCUT2D eigenvalue weighted by molar-refractivity contribution is 9.10. The van der Waals surface area contributed by atoms with Crippen LogP contribution in [-0.2, 0) is 0 Å². The molecule has 0 saturated carbocycles. The summed E-state index contributed by atoms with van der Waals surface area (Å²) < 4.78 is 1.61. The molecular weight excluding hydrogens is 478 g/mol. The first-order valence-corrected chi connectivity index (χ1v) is 9.20. The number of aliphatic imine (C=N–C) groups is 1. The minimum Gasteiger partial charge on any atom is -0.493 e. The number of aryl methyl sites for hydroxylation is 1. The number of hydrogen-bond donors (Lipinski definition) is 2. The Labute approximate surface area is 180 Å². The molecule has 0 spiro atoms. The van der Waals surface area contributed by atoms with Crippen LogP contribution in [0, 0.1) is 27.2 Å². The summed E-state index contributed by atoms with van der Waals surface area (Å²) in [4.78, 5) is 50.7. The first-order valence-electron chi connectivity index (χ1n) is 8.41. The van der Waals surface area contributed by atoms with Crippen molar-refractivity contribution in [2.75, 3.05) is 0 Å². The fourth-order valence-electron chi connectivity index (χ4n) is 2.67. The maximum atomic E-state index is 12.3. The predicted octanol–water partition coefficient (Wildman–Crippen LogP) is 2.87. The smallest absolute Gasteiger partial charge is 0.335 e. The molecule has 158 valence electrons. The van der Waals surface area contributed by atoms with Gasteiger partial charge in [0.1, 0.15) is 5.56 Å². The summed E-state index contributed by atoms with van der Waals surface area (Å²) in [6, 6.07) is 7.46. The van der Waals surface area contributed by atoms with E-state index < -0.39 is 43.9 Å². The molecule has 3 rings (SSSR count). The van der Waals surface area contributed by atoms with Gasteiger partial charge in [0.25, 0.3) is 16.9 Å². The average molecular weight is 490 g/mol. The number of halogens is 1. The van der Waals surface area contributed by atoms with Crippen molar-refractivity contribution in [3.63, 3.8) is 0 Å². The standard InChI is InChI=1S/C18H12BrN5O7/c1-9-4-11(2-3-15(9)19)22-17(26)14(16(25)21-18(22)27)8-20-10-5-12(23(28)29)7-13(6-10)24(30)31/h2-8,26H,1H3,(H,21,25,27). The first kappa shape index (κ1) is 21.6. The molecule has 0 aliphatic rings. The summed E-state index contributed by atoms with van der Waals surface area (Å²) in [6.07, 6.45) is 0.860. The molecule has 0 atom stereocenters. The van der Waals surface area contributed by atoms with Crippen molar-refractivity contribution >= 4 is 39.2 Å². The predicted molar refractivity (Wildman–Crippen MR) is 114 cm³/mol. The van der Waals surface area contributed by atoms with Gasteiger partial charge in [-0.3, -0.25) is 35.0 Å². The number of nitrogens with zero attached hydrogens (tertiary/aromatic N) is 4. The van der Waals surface area contributed by atoms with Crippen molar-refractivity contribution in [3.8, 4) is 11.6 Å². The van der Waals surface area contributed by atoms with E-state index in [0.29, 0.717) is 0 Å². The largest absolute Gasteiger partial charge is 0.493 e. The number of nitro groups is 2. The summed E-state index contributed by atoms with van der Waals surface area (Å²) >= 11 is 3.32. The van der Waals surface area contributed by atoms with Gasteiger partial charge in [0.15, 0.2) is 0 Å². The topological polar surface area (TPSA) is 174 Å². The Balaban J connectivity index is 2.15. The van der Waals surface area contributed by atoms with Crippen molar-refractivity contribution in [2.45, 2.75) is 6.92 Å². The SMILES string of the molecule is Cc1cc(-n2c(O)c(C=Nc3cc([N+](=O)[O-])cc([N+](=O)[O-])c3)c(=O)[nH]c2=O)ccc1Br. The molecule has 0 unspecified atom stereocenters. The number of rotatable bonds is 5. The van der Waals surface area contributed by atoms with Crippen LogP contribution in [0.5, 0.6) is 5.88 Å². The highest BCUT2D eigenvalue weighted by atomic mass is 79.9. The van der Waals surface area contributed by atoms with E-state index in [2.05, 4.69) is 20.9 Å². The van der Waals surface area contributed by atoms with E-state index in [1.165, 1.54) is 6.07 Å². The molecule has 0 aliphatic heterocycles. The molecule has 0 saturated heterocycles. The van der Waals surface area contributed by atoms with Gasteiger partial charge in [-0.2, -0.15) is 0 Å². The average Bonchev–Trinajstić information content (AvgIpc) is 2.69. The zero-order chi connectivity index (χ0) is 22.9. The first-order chi connectivity index (χ1) is 14.6. The van der Waals surface area contributed by atoms with Crippen LogP contribution < -0.4 is 11.2 Å². The van der Waals surface area contributed by atoms with Crippen molar-refractivity contribution in [1.82, 2.24) is 9.55 Å². The zero-order valence-electron chi connectivity index (χ0n) is 15.6. The number of aromatic hydroxyl groups is 1. The molecule has 13 heteroatoms. The number of aromatic amines is 1. The van der Waals surface area contributed by atoms with Gasteiger partial charge >= 0.3 is 5.69 Å². The maximum absolute atomic E-state index is 12.3. The van der Waals surface area contributed by atoms with Crippen LogP contribution in [0.15, 0.2) is 55.5 Å². The Morgan fingerprint density at radius 3 is 2.26 bits per heavy atom. The van der Waals surface area contributed by atoms with Gasteiger partial charge in [-0.05, 0) is 30.7 Å². The van der Waals surface area contributed by atoms with E-state index in [-0.39, 0.29) is 11.4 Å². The third kappa shape index (κ3) is 4.40. The molecule has 0 radical (unpaired) electrons. The van der Waals surface area contributed by atoms with E-state index in [9.17, 15) is 34.9 Å². The normalized spacial score (nSPS) is 11.0. The van der Waals surface area contributed by atoms with Crippen LogP contribution in [-0.4, -0.2) is 30.7 Å². The third-order valence-electron chi connectivity index (χ3n) is 4.17. The Kier molecular flexibility index (Phi) is 5.79. The van der Waals surface area contributed by atoms with Crippen molar-refractivity contribution in [2.24, 2.45) is 4.99 Å². The van der Waals surface area contributed by atoms with Crippen LogP contribution in [0.25, 0.3) is 5.69 Å². The lowest BCUT2D eigenvalue weighted by Crippen LogP contribution is -2.31. The van der Waals surface area contributed by atoms with Crippen LogP contribution in [0.4, 0.5) is 17.1 Å². The van der Waals surface area contributed by atoms with Crippen molar-refractivity contribution < 1.29 is 15.0 Å². The lowest BCUT2D eigenvalue weighted by molar-refractivity contribution is -0.394. The number of non-ortho nitro benzene ring substituents is 2. The zero-order valence-corrected chi connectivity index (χ0v) is 17.2. The Hall–Kier alpha value is -4.13. The molecule has 2 aromatic carbocycles. The molecule has 2 N–H and O–H groups in total. The van der Waals surface area contributed by atoms with Crippen LogP contribution in [0.3, 0.4) is 0 Å². The summed E-state index contributed by atoms with van der Waals surface area (Å²) in [7, 11) is 0. The Morgan fingerprint density at radius 2 is 1.71 bits per heavy atom. The summed E-state index contributed by atoms with van der Waals surface area (Å²) in [6.45, 7) is 1.76. The number of H-pyrrole nitrogens is 1. The van der Waals surface area contributed by atoms with Gasteiger partial charge < -0.3 is 5.11 Å². The number of nitrogens with one attached hydrogen (secondary N) is 1. The fourth-order valence-corrected chi connectivity index (χ4v) is 2.91. The monoisotopic (exact) mass is 489 g/mol. The number of nitro benzene ring substituents is 2. The highest BCUT2D eigenvalue weighted by Crippen LogP contribution is 2.28. The lowest BCUT2D eigenvalue weighted by atomic mass is 10.2. The van der Waals surface area contributed by atoms with Crippen molar-refractivity contribution in [3.05, 3.63) is 93.1 Å². The van der Waals surface area contributed by atoms with Crippen LogP contribution in [0.1, 0.15) is 11.1 Å². The minimum atomic E-state index is -0.962. The van der Waals surface area contributed by atoms with Crippen molar-refractivity contribution in [1.29, 1.82) is 0 Å². The highest BCUT2D eigenvalue weighted by Gasteiger charge is 2.18. The maximum Gasteiger partial charge on any atom is 0.335 e. The van der Waals surface area contributed by atoms with E-state index in [1.54, 1.807) is 19.1 Å². The molecule has 3 aromatic rings. The number of benzene rings is 2. The molecule has 0 fully saturated rings. The van der Waals surface area contributed by atoms with Gasteiger partial charge in [-0.1, -0.05) is 15.9 Å². The van der Waals surface area contributed by atoms with Gasteiger partial charge in [-0.15, -0.1) is 0 Å². The van der Waals surface area contributed by atoms with Crippen LogP contribution in [0.2, 0.25) is 0 Å². The quantitative estimate of drug-likeness (QED) is 0.314. The lowest BCUT2D eigenvalue weighted by Gasteiger charge is -2.11. The van der Waals surface area contributed by atoms with E-state index >= 15 is 0 Å². The summed E-state index contributed by atoms with van der Waals surface area (Å²) in [5.41, 5.74) is -2.60. The second-order valence-electron chi connectivity index (χ2n) is 6.25. The van der Waals surface area contributed by atoms with E-state index in [4.69, 9.17) is 0 Å². The Morgan fingerprint density at radius 1 is 1.10 bits per heavy atom. The summed E-state index contributed by atoms with van der Waals surface area (Å²) in [5.74, 6) is -0.723. The molecule has 31 heavy (non-hydrogen) atoms. The number of hydrogen-bond acceptors (Lipinski definition) is 8.